The predicted octanol–water partition coefficient (Wildman–Crippen LogP) is 1.38. The molecule has 3 saturated heterocycles. The molecular formula is C14H24N2O3. The van der Waals surface area contributed by atoms with Gasteiger partial charge in [0.25, 0.3) is 0 Å². The lowest BCUT2D eigenvalue weighted by Gasteiger charge is -2.33. The van der Waals surface area contributed by atoms with E-state index in [1.807, 2.05) is 4.90 Å². The summed E-state index contributed by atoms with van der Waals surface area (Å²) < 4.78 is 10.8. The van der Waals surface area contributed by atoms with E-state index in [0.717, 1.165) is 71.6 Å². The minimum atomic E-state index is 0.121. The first kappa shape index (κ1) is 13.2. The highest BCUT2D eigenvalue weighted by Gasteiger charge is 2.41. The molecular weight excluding hydrogens is 244 g/mol. The summed E-state index contributed by atoms with van der Waals surface area (Å²) in [5, 5.41) is 3.16. The van der Waals surface area contributed by atoms with E-state index >= 15 is 0 Å². The van der Waals surface area contributed by atoms with Gasteiger partial charge >= 0.3 is 6.03 Å². The second-order valence-corrected chi connectivity index (χ2v) is 6.12. The fraction of sp³-hybridized carbons (Fsp3) is 0.929. The normalized spacial score (nSPS) is 27.7. The maximum absolute atomic E-state index is 12.3. The number of rotatable bonds is 1. The van der Waals surface area contributed by atoms with Crippen molar-refractivity contribution in [2.24, 2.45) is 5.41 Å². The summed E-state index contributed by atoms with van der Waals surface area (Å²) in [5.41, 5.74) is 0.339. The molecule has 3 aliphatic rings. The Hall–Kier alpha value is -0.810. The maximum Gasteiger partial charge on any atom is 0.317 e. The molecule has 5 heteroatoms. The molecule has 1 N–H and O–H groups in total. The molecule has 108 valence electrons. The lowest BCUT2D eigenvalue weighted by molar-refractivity contribution is 0.0206. The number of carbonyl (C=O) groups is 1. The molecule has 0 atom stereocenters. The van der Waals surface area contributed by atoms with Gasteiger partial charge in [0.15, 0.2) is 0 Å². The summed E-state index contributed by atoms with van der Waals surface area (Å²) in [6.07, 6.45) is 5.23. The summed E-state index contributed by atoms with van der Waals surface area (Å²) in [4.78, 5) is 14.3. The van der Waals surface area contributed by atoms with Gasteiger partial charge in [-0.15, -0.1) is 0 Å². The van der Waals surface area contributed by atoms with Crippen LogP contribution in [0.1, 0.15) is 32.1 Å². The molecule has 0 aliphatic carbocycles. The van der Waals surface area contributed by atoms with Crippen molar-refractivity contribution in [1.82, 2.24) is 10.2 Å². The molecule has 0 unspecified atom stereocenters. The van der Waals surface area contributed by atoms with Gasteiger partial charge in [-0.25, -0.2) is 4.79 Å². The second-order valence-electron chi connectivity index (χ2n) is 6.12. The molecule has 0 aromatic heterocycles. The van der Waals surface area contributed by atoms with Crippen LogP contribution in [0.25, 0.3) is 0 Å². The average Bonchev–Trinajstić information content (AvgIpc) is 2.85. The Morgan fingerprint density at radius 3 is 2.47 bits per heavy atom. The predicted molar refractivity (Wildman–Crippen MR) is 71.0 cm³/mol. The van der Waals surface area contributed by atoms with E-state index in [0.29, 0.717) is 11.5 Å². The van der Waals surface area contributed by atoms with Gasteiger partial charge in [-0.1, -0.05) is 0 Å². The van der Waals surface area contributed by atoms with Gasteiger partial charge in [0.1, 0.15) is 0 Å². The molecule has 3 fully saturated rings. The van der Waals surface area contributed by atoms with Gasteiger partial charge in [-0.3, -0.25) is 0 Å². The number of ether oxygens (including phenoxy) is 2. The average molecular weight is 268 g/mol. The van der Waals surface area contributed by atoms with Crippen molar-refractivity contribution in [3.63, 3.8) is 0 Å². The number of nitrogens with one attached hydrogen (secondary N) is 1. The van der Waals surface area contributed by atoms with Crippen LogP contribution < -0.4 is 5.32 Å². The Morgan fingerprint density at radius 2 is 1.74 bits per heavy atom. The van der Waals surface area contributed by atoms with E-state index < -0.39 is 0 Å². The summed E-state index contributed by atoms with van der Waals surface area (Å²) >= 11 is 0. The standard InChI is InChI=1S/C14H24N2O3/c17-13(15-12-1-7-18-8-2-12)16-6-3-14(11-16)4-9-19-10-5-14/h12H,1-11H2,(H,15,17). The highest BCUT2D eigenvalue weighted by molar-refractivity contribution is 5.75. The van der Waals surface area contributed by atoms with Crippen LogP contribution in [0.3, 0.4) is 0 Å². The Morgan fingerprint density at radius 1 is 1.05 bits per heavy atom. The number of hydrogen-bond donors (Lipinski definition) is 1. The SMILES string of the molecule is O=C(NC1CCOCC1)N1CCC2(CCOCC2)C1. The number of carbonyl (C=O) groups excluding carboxylic acids is 1. The highest BCUT2D eigenvalue weighted by Crippen LogP contribution is 2.39. The zero-order chi connectivity index (χ0) is 13.1. The summed E-state index contributed by atoms with van der Waals surface area (Å²) in [6.45, 7) is 5.06. The van der Waals surface area contributed by atoms with E-state index in [4.69, 9.17) is 9.47 Å². The zero-order valence-electron chi connectivity index (χ0n) is 11.5. The second kappa shape index (κ2) is 5.67. The first-order valence-corrected chi connectivity index (χ1v) is 7.48. The van der Waals surface area contributed by atoms with Crippen LogP contribution in [0.4, 0.5) is 4.79 Å². The van der Waals surface area contributed by atoms with Gasteiger partial charge in [-0.05, 0) is 37.5 Å². The van der Waals surface area contributed by atoms with Crippen molar-refractivity contribution in [3.05, 3.63) is 0 Å². The van der Waals surface area contributed by atoms with Crippen LogP contribution in [0.15, 0.2) is 0 Å². The molecule has 0 aromatic carbocycles. The Kier molecular flexibility index (Phi) is 3.93. The number of amides is 2. The molecule has 0 aromatic rings. The van der Waals surface area contributed by atoms with Gasteiger partial charge in [0, 0.05) is 45.6 Å². The van der Waals surface area contributed by atoms with E-state index in [1.165, 1.54) is 0 Å². The van der Waals surface area contributed by atoms with E-state index in [9.17, 15) is 4.79 Å². The molecule has 3 aliphatic heterocycles. The van der Waals surface area contributed by atoms with E-state index in [-0.39, 0.29) is 6.03 Å². The van der Waals surface area contributed by atoms with Crippen LogP contribution in [0.5, 0.6) is 0 Å². The van der Waals surface area contributed by atoms with Crippen molar-refractivity contribution in [2.45, 2.75) is 38.1 Å². The topological polar surface area (TPSA) is 50.8 Å². The minimum absolute atomic E-state index is 0.121. The molecule has 3 heterocycles. The molecule has 1 spiro atoms. The molecule has 19 heavy (non-hydrogen) atoms. The molecule has 0 bridgehead atoms. The van der Waals surface area contributed by atoms with Crippen molar-refractivity contribution in [1.29, 1.82) is 0 Å². The lowest BCUT2D eigenvalue weighted by Crippen LogP contribution is -2.46. The number of hydrogen-bond acceptors (Lipinski definition) is 3. The van der Waals surface area contributed by atoms with Crippen molar-refractivity contribution in [2.75, 3.05) is 39.5 Å². The largest absolute Gasteiger partial charge is 0.381 e. The first-order valence-electron chi connectivity index (χ1n) is 7.48. The van der Waals surface area contributed by atoms with E-state index in [2.05, 4.69) is 5.32 Å². The maximum atomic E-state index is 12.3. The molecule has 5 nitrogen and oxygen atoms in total. The van der Waals surface area contributed by atoms with Crippen LogP contribution in [-0.2, 0) is 9.47 Å². The fourth-order valence-electron chi connectivity index (χ4n) is 3.43. The Bertz CT molecular complexity index is 323. The van der Waals surface area contributed by atoms with Crippen molar-refractivity contribution in [3.8, 4) is 0 Å². The number of likely N-dealkylation sites (tertiary alicyclic amines) is 1. The van der Waals surface area contributed by atoms with Crippen molar-refractivity contribution >= 4 is 6.03 Å². The zero-order valence-corrected chi connectivity index (χ0v) is 11.5. The van der Waals surface area contributed by atoms with Gasteiger partial charge in [-0.2, -0.15) is 0 Å². The minimum Gasteiger partial charge on any atom is -0.381 e. The third-order valence-corrected chi connectivity index (χ3v) is 4.83. The van der Waals surface area contributed by atoms with Crippen LogP contribution in [0, 0.1) is 5.41 Å². The third-order valence-electron chi connectivity index (χ3n) is 4.83. The smallest absolute Gasteiger partial charge is 0.317 e. The quantitative estimate of drug-likeness (QED) is 0.781. The lowest BCUT2D eigenvalue weighted by atomic mass is 9.80. The monoisotopic (exact) mass is 268 g/mol. The molecule has 3 rings (SSSR count). The van der Waals surface area contributed by atoms with Crippen LogP contribution in [-0.4, -0.2) is 56.5 Å². The third kappa shape index (κ3) is 3.03. The van der Waals surface area contributed by atoms with Crippen molar-refractivity contribution < 1.29 is 14.3 Å². The Labute approximate surface area is 114 Å². The Balaban J connectivity index is 1.50. The van der Waals surface area contributed by atoms with Crippen LogP contribution in [0.2, 0.25) is 0 Å². The van der Waals surface area contributed by atoms with Gasteiger partial charge in [0.2, 0.25) is 0 Å². The van der Waals surface area contributed by atoms with Gasteiger partial charge < -0.3 is 19.7 Å². The summed E-state index contributed by atoms with van der Waals surface area (Å²) in [7, 11) is 0. The summed E-state index contributed by atoms with van der Waals surface area (Å²) in [6, 6.07) is 0.419. The first-order chi connectivity index (χ1) is 9.27. The van der Waals surface area contributed by atoms with E-state index in [1.54, 1.807) is 0 Å². The van der Waals surface area contributed by atoms with Gasteiger partial charge in [0.05, 0.1) is 0 Å². The van der Waals surface area contributed by atoms with Crippen LogP contribution >= 0.6 is 0 Å². The number of nitrogens with zero attached hydrogens (tertiary/aromatic N) is 1. The molecule has 0 radical (unpaired) electrons. The molecule has 0 saturated carbocycles. The molecule has 2 amide bonds. The fourth-order valence-corrected chi connectivity index (χ4v) is 3.43. The number of urea groups is 1. The summed E-state index contributed by atoms with van der Waals surface area (Å²) in [5.74, 6) is 0. The highest BCUT2D eigenvalue weighted by atomic mass is 16.5.